The minimum atomic E-state index is -0.438. The SMILES string of the molecule is Cc1cccc([C@H]2Oc3ccccc3[C@@H]3CC(c4cccs4)=NN23)c1O. The number of hydrogen-bond donors (Lipinski definition) is 1. The summed E-state index contributed by atoms with van der Waals surface area (Å²) in [6, 6.07) is 18.1. The van der Waals surface area contributed by atoms with E-state index in [1.807, 2.05) is 54.4 Å². The van der Waals surface area contributed by atoms with Gasteiger partial charge >= 0.3 is 0 Å². The molecular weight excluding hydrogens is 344 g/mol. The molecule has 4 nitrogen and oxygen atoms in total. The lowest BCUT2D eigenvalue weighted by molar-refractivity contribution is -0.0203. The molecule has 0 saturated heterocycles. The molecule has 1 N–H and O–H groups in total. The number of aromatic hydroxyl groups is 1. The Bertz CT molecular complexity index is 997. The van der Waals surface area contributed by atoms with Crippen molar-refractivity contribution in [2.75, 3.05) is 0 Å². The lowest BCUT2D eigenvalue weighted by Gasteiger charge is -2.38. The van der Waals surface area contributed by atoms with Crippen LogP contribution in [0.1, 0.15) is 40.3 Å². The molecule has 0 aliphatic carbocycles. The highest BCUT2D eigenvalue weighted by Crippen LogP contribution is 2.49. The first-order valence-electron chi connectivity index (χ1n) is 8.66. The molecule has 2 aromatic carbocycles. The van der Waals surface area contributed by atoms with Crippen LogP contribution in [-0.2, 0) is 0 Å². The van der Waals surface area contributed by atoms with Gasteiger partial charge in [0.05, 0.1) is 22.2 Å². The zero-order chi connectivity index (χ0) is 17.7. The van der Waals surface area contributed by atoms with Crippen LogP contribution in [-0.4, -0.2) is 15.8 Å². The van der Waals surface area contributed by atoms with Gasteiger partial charge in [0, 0.05) is 12.0 Å². The highest BCUT2D eigenvalue weighted by molar-refractivity contribution is 7.12. The molecule has 0 fully saturated rings. The van der Waals surface area contributed by atoms with Crippen LogP contribution in [0.15, 0.2) is 65.1 Å². The Balaban J connectivity index is 1.64. The van der Waals surface area contributed by atoms with E-state index in [4.69, 9.17) is 9.84 Å². The normalized spacial score (nSPS) is 21.0. The summed E-state index contributed by atoms with van der Waals surface area (Å²) in [4.78, 5) is 1.18. The Kier molecular flexibility index (Phi) is 3.50. The lowest BCUT2D eigenvalue weighted by Crippen LogP contribution is -2.33. The number of benzene rings is 2. The van der Waals surface area contributed by atoms with E-state index < -0.39 is 6.23 Å². The van der Waals surface area contributed by atoms with E-state index >= 15 is 0 Å². The van der Waals surface area contributed by atoms with Crippen LogP contribution in [0, 0.1) is 6.92 Å². The predicted molar refractivity (Wildman–Crippen MR) is 103 cm³/mol. The average molecular weight is 362 g/mol. The highest BCUT2D eigenvalue weighted by Gasteiger charge is 2.41. The second kappa shape index (κ2) is 5.88. The van der Waals surface area contributed by atoms with E-state index in [1.165, 1.54) is 4.88 Å². The van der Waals surface area contributed by atoms with Crippen LogP contribution >= 0.6 is 11.3 Å². The van der Waals surface area contributed by atoms with Crippen LogP contribution in [0.5, 0.6) is 11.5 Å². The second-order valence-corrected chi connectivity index (χ2v) is 7.59. The van der Waals surface area contributed by atoms with Crippen molar-refractivity contribution in [1.29, 1.82) is 0 Å². The van der Waals surface area contributed by atoms with Gasteiger partial charge in [0.1, 0.15) is 11.5 Å². The Labute approximate surface area is 156 Å². The van der Waals surface area contributed by atoms with Crippen molar-refractivity contribution in [2.24, 2.45) is 5.10 Å². The van der Waals surface area contributed by atoms with Gasteiger partial charge in [-0.3, -0.25) is 0 Å². The molecule has 0 radical (unpaired) electrons. The zero-order valence-corrected chi connectivity index (χ0v) is 15.1. The maximum atomic E-state index is 10.6. The van der Waals surface area contributed by atoms with Gasteiger partial charge in [-0.2, -0.15) is 5.10 Å². The summed E-state index contributed by atoms with van der Waals surface area (Å²) in [6.45, 7) is 1.90. The summed E-state index contributed by atoms with van der Waals surface area (Å²) in [5.41, 5.74) is 3.80. The smallest absolute Gasteiger partial charge is 0.217 e. The van der Waals surface area contributed by atoms with Crippen molar-refractivity contribution in [3.05, 3.63) is 81.5 Å². The fraction of sp³-hybridized carbons (Fsp3) is 0.190. The molecule has 5 rings (SSSR count). The fourth-order valence-electron chi connectivity index (χ4n) is 3.71. The molecule has 26 heavy (non-hydrogen) atoms. The number of fused-ring (bicyclic) bond motifs is 3. The largest absolute Gasteiger partial charge is 0.507 e. The number of rotatable bonds is 2. The molecule has 3 aromatic rings. The number of hydrazone groups is 1. The number of aryl methyl sites for hydroxylation is 1. The molecule has 0 saturated carbocycles. The van der Waals surface area contributed by atoms with Gasteiger partial charge < -0.3 is 9.84 Å². The molecule has 0 amide bonds. The van der Waals surface area contributed by atoms with E-state index in [0.29, 0.717) is 0 Å². The van der Waals surface area contributed by atoms with Gasteiger partial charge in [-0.05, 0) is 36.1 Å². The molecule has 3 heterocycles. The number of phenols is 1. The zero-order valence-electron chi connectivity index (χ0n) is 14.3. The standard InChI is InChI=1S/C21H18N2O2S/c1-13-6-4-8-15(20(13)24)21-23-17(14-7-2-3-9-18(14)25-21)12-16(22-23)19-10-5-11-26-19/h2-11,17,21,24H,12H2,1H3/t17-,21+/m0/s1. The van der Waals surface area contributed by atoms with Crippen LogP contribution in [0.4, 0.5) is 0 Å². The van der Waals surface area contributed by atoms with Crippen molar-refractivity contribution >= 4 is 17.0 Å². The van der Waals surface area contributed by atoms with Crippen LogP contribution < -0.4 is 4.74 Å². The van der Waals surface area contributed by atoms with Crippen molar-refractivity contribution in [3.8, 4) is 11.5 Å². The van der Waals surface area contributed by atoms with E-state index in [0.717, 1.165) is 34.6 Å². The Morgan fingerprint density at radius 2 is 1.92 bits per heavy atom. The summed E-state index contributed by atoms with van der Waals surface area (Å²) < 4.78 is 6.30. The fourth-order valence-corrected chi connectivity index (χ4v) is 4.43. The molecule has 0 bridgehead atoms. The third-order valence-corrected chi connectivity index (χ3v) is 5.96. The number of para-hydroxylation sites is 2. The first kappa shape index (κ1) is 15.5. The summed E-state index contributed by atoms with van der Waals surface area (Å²) >= 11 is 1.70. The number of thiophene rings is 1. The average Bonchev–Trinajstić information content (AvgIpc) is 3.33. The maximum Gasteiger partial charge on any atom is 0.217 e. The van der Waals surface area contributed by atoms with E-state index in [1.54, 1.807) is 11.3 Å². The molecule has 5 heteroatoms. The highest BCUT2D eigenvalue weighted by atomic mass is 32.1. The minimum absolute atomic E-state index is 0.113. The second-order valence-electron chi connectivity index (χ2n) is 6.64. The van der Waals surface area contributed by atoms with Crippen LogP contribution in [0.25, 0.3) is 0 Å². The van der Waals surface area contributed by atoms with Gasteiger partial charge in [-0.1, -0.05) is 36.4 Å². The topological polar surface area (TPSA) is 45.1 Å². The van der Waals surface area contributed by atoms with Crippen molar-refractivity contribution in [3.63, 3.8) is 0 Å². The molecule has 1 aromatic heterocycles. The monoisotopic (exact) mass is 362 g/mol. The Morgan fingerprint density at radius 3 is 2.77 bits per heavy atom. The number of ether oxygens (including phenoxy) is 1. The summed E-state index contributed by atoms with van der Waals surface area (Å²) in [5.74, 6) is 1.14. The Morgan fingerprint density at radius 1 is 1.08 bits per heavy atom. The van der Waals surface area contributed by atoms with Gasteiger partial charge in [0.2, 0.25) is 6.23 Å². The maximum absolute atomic E-state index is 10.6. The molecular formula is C21H18N2O2S. The molecule has 2 atom stereocenters. The lowest BCUT2D eigenvalue weighted by atomic mass is 9.97. The molecule has 0 unspecified atom stereocenters. The first-order valence-corrected chi connectivity index (χ1v) is 9.54. The molecule has 130 valence electrons. The number of phenolic OH excluding ortho intramolecular Hbond substituents is 1. The third kappa shape index (κ3) is 2.31. The van der Waals surface area contributed by atoms with Crippen LogP contribution in [0.3, 0.4) is 0 Å². The van der Waals surface area contributed by atoms with Gasteiger partial charge in [0.25, 0.3) is 0 Å². The van der Waals surface area contributed by atoms with E-state index in [-0.39, 0.29) is 11.8 Å². The van der Waals surface area contributed by atoms with Gasteiger partial charge in [-0.15, -0.1) is 11.3 Å². The molecule has 0 spiro atoms. The quantitative estimate of drug-likeness (QED) is 0.697. The van der Waals surface area contributed by atoms with Crippen molar-refractivity contribution in [1.82, 2.24) is 5.01 Å². The molecule has 2 aliphatic rings. The van der Waals surface area contributed by atoms with Gasteiger partial charge in [0.15, 0.2) is 0 Å². The van der Waals surface area contributed by atoms with Crippen LogP contribution in [0.2, 0.25) is 0 Å². The Hall–Kier alpha value is -2.79. The molecule has 2 aliphatic heterocycles. The minimum Gasteiger partial charge on any atom is -0.507 e. The predicted octanol–water partition coefficient (Wildman–Crippen LogP) is 5.00. The summed E-state index contributed by atoms with van der Waals surface area (Å²) in [5, 5.41) is 19.6. The third-order valence-electron chi connectivity index (χ3n) is 5.04. The number of hydrogen-bond acceptors (Lipinski definition) is 5. The van der Waals surface area contributed by atoms with Crippen molar-refractivity contribution < 1.29 is 9.84 Å². The first-order chi connectivity index (χ1) is 12.7. The summed E-state index contributed by atoms with van der Waals surface area (Å²) in [7, 11) is 0. The van der Waals surface area contributed by atoms with E-state index in [9.17, 15) is 5.11 Å². The van der Waals surface area contributed by atoms with E-state index in [2.05, 4.69) is 17.5 Å². The number of nitrogens with zero attached hydrogens (tertiary/aromatic N) is 2. The summed E-state index contributed by atoms with van der Waals surface area (Å²) in [6.07, 6.45) is 0.400. The van der Waals surface area contributed by atoms with Crippen molar-refractivity contribution in [2.45, 2.75) is 25.6 Å². The van der Waals surface area contributed by atoms with Gasteiger partial charge in [-0.25, -0.2) is 5.01 Å².